The number of thioether (sulfide) groups is 1. The van der Waals surface area contributed by atoms with E-state index >= 15 is 0 Å². The van der Waals surface area contributed by atoms with Crippen molar-refractivity contribution in [2.24, 2.45) is 0 Å². The molecule has 2 amide bonds. The van der Waals surface area contributed by atoms with Crippen LogP contribution in [0, 0.1) is 0 Å². The number of hydrogen-bond acceptors (Lipinski definition) is 4. The average Bonchev–Trinajstić information content (AvgIpc) is 3.19. The Kier molecular flexibility index (Phi) is 4.08. The Hall–Kier alpha value is -1.89. The third-order valence-corrected chi connectivity index (χ3v) is 4.75. The highest BCUT2D eigenvalue weighted by molar-refractivity contribution is 8.00. The number of phenols is 1. The maximum atomic E-state index is 11.7. The molecule has 2 rings (SSSR count). The number of carbonyl (C=O) groups excluding carboxylic acids is 1. The summed E-state index contributed by atoms with van der Waals surface area (Å²) in [6, 6.07) is 3.72. The summed E-state index contributed by atoms with van der Waals surface area (Å²) < 4.78 is 0.141. The van der Waals surface area contributed by atoms with Crippen LogP contribution in [0.4, 0.5) is 10.5 Å². The Labute approximate surface area is 120 Å². The SMILES string of the molecule is CSC1(CNC(=O)Nc2cccc(C(=O)O)c2O)CC1. The standard InChI is InChI=1S/C13H16N2O4S/c1-20-13(5-6-13)7-14-12(19)15-9-4-2-3-8(10(9)16)11(17)18/h2-4,16H,5-7H2,1H3,(H,17,18)(H2,14,15,19). The molecule has 0 radical (unpaired) electrons. The number of carboxylic acid groups (broad SMARTS) is 1. The number of nitrogens with one attached hydrogen (secondary N) is 2. The van der Waals surface area contributed by atoms with E-state index in [4.69, 9.17) is 5.11 Å². The predicted octanol–water partition coefficient (Wildman–Crippen LogP) is 2.11. The van der Waals surface area contributed by atoms with Gasteiger partial charge in [-0.3, -0.25) is 0 Å². The van der Waals surface area contributed by atoms with Crippen molar-refractivity contribution in [3.8, 4) is 5.75 Å². The third-order valence-electron chi connectivity index (χ3n) is 3.33. The lowest BCUT2D eigenvalue weighted by Crippen LogP contribution is -2.35. The van der Waals surface area contributed by atoms with Gasteiger partial charge in [0.15, 0.2) is 5.75 Å². The Morgan fingerprint density at radius 2 is 2.10 bits per heavy atom. The molecule has 1 aliphatic rings. The van der Waals surface area contributed by atoms with Crippen LogP contribution in [-0.2, 0) is 0 Å². The molecule has 4 N–H and O–H groups in total. The van der Waals surface area contributed by atoms with Crippen LogP contribution < -0.4 is 10.6 Å². The molecule has 7 heteroatoms. The van der Waals surface area contributed by atoms with Crippen molar-refractivity contribution in [2.45, 2.75) is 17.6 Å². The lowest BCUT2D eigenvalue weighted by Gasteiger charge is -2.14. The number of hydrogen-bond donors (Lipinski definition) is 4. The summed E-state index contributed by atoms with van der Waals surface area (Å²) in [6.07, 6.45) is 4.16. The number of aromatic carboxylic acids is 1. The van der Waals surface area contributed by atoms with Crippen molar-refractivity contribution in [1.82, 2.24) is 5.32 Å². The second-order valence-corrected chi connectivity index (χ2v) is 5.98. The number of urea groups is 1. The summed E-state index contributed by atoms with van der Waals surface area (Å²) in [5.74, 6) is -1.69. The van der Waals surface area contributed by atoms with E-state index in [9.17, 15) is 14.7 Å². The molecule has 0 saturated heterocycles. The number of rotatable bonds is 5. The Morgan fingerprint density at radius 1 is 1.40 bits per heavy atom. The molecule has 108 valence electrons. The minimum absolute atomic E-state index is 0.0800. The largest absolute Gasteiger partial charge is 0.505 e. The first-order valence-electron chi connectivity index (χ1n) is 6.13. The number of aromatic hydroxyl groups is 1. The molecule has 20 heavy (non-hydrogen) atoms. The minimum Gasteiger partial charge on any atom is -0.505 e. The second kappa shape index (κ2) is 5.62. The molecule has 0 aromatic heterocycles. The maximum Gasteiger partial charge on any atom is 0.339 e. The second-order valence-electron chi connectivity index (χ2n) is 4.70. The smallest absolute Gasteiger partial charge is 0.339 e. The molecule has 1 aliphatic carbocycles. The minimum atomic E-state index is -1.24. The van der Waals surface area contributed by atoms with E-state index < -0.39 is 17.7 Å². The van der Waals surface area contributed by atoms with Gasteiger partial charge < -0.3 is 20.8 Å². The molecule has 1 saturated carbocycles. The van der Waals surface area contributed by atoms with E-state index in [0.717, 1.165) is 12.8 Å². The van der Waals surface area contributed by atoms with E-state index in [1.54, 1.807) is 11.8 Å². The number of anilines is 1. The van der Waals surface area contributed by atoms with Crippen LogP contribution in [0.5, 0.6) is 5.75 Å². The summed E-state index contributed by atoms with van der Waals surface area (Å²) in [7, 11) is 0. The van der Waals surface area contributed by atoms with Gasteiger partial charge in [0.2, 0.25) is 0 Å². The zero-order valence-corrected chi connectivity index (χ0v) is 11.8. The lowest BCUT2D eigenvalue weighted by atomic mass is 10.1. The van der Waals surface area contributed by atoms with E-state index in [1.807, 2.05) is 6.26 Å². The maximum absolute atomic E-state index is 11.7. The molecule has 0 unspecified atom stereocenters. The topological polar surface area (TPSA) is 98.7 Å². The number of benzene rings is 1. The van der Waals surface area contributed by atoms with Crippen molar-refractivity contribution in [1.29, 1.82) is 0 Å². The van der Waals surface area contributed by atoms with Crippen LogP contribution >= 0.6 is 11.8 Å². The number of carboxylic acids is 1. The van der Waals surface area contributed by atoms with Gasteiger partial charge in [0.05, 0.1) is 5.69 Å². The molecule has 1 aromatic carbocycles. The van der Waals surface area contributed by atoms with Gasteiger partial charge in [-0.15, -0.1) is 0 Å². The third kappa shape index (κ3) is 3.16. The first-order valence-corrected chi connectivity index (χ1v) is 7.35. The van der Waals surface area contributed by atoms with E-state index in [2.05, 4.69) is 10.6 Å². The zero-order valence-electron chi connectivity index (χ0n) is 11.0. The fraction of sp³-hybridized carbons (Fsp3) is 0.385. The molecule has 0 spiro atoms. The highest BCUT2D eigenvalue weighted by atomic mass is 32.2. The van der Waals surface area contributed by atoms with Crippen molar-refractivity contribution < 1.29 is 19.8 Å². The van der Waals surface area contributed by atoms with Gasteiger partial charge in [0.1, 0.15) is 5.56 Å². The van der Waals surface area contributed by atoms with Crippen molar-refractivity contribution >= 4 is 29.4 Å². The van der Waals surface area contributed by atoms with Gasteiger partial charge in [-0.1, -0.05) is 6.07 Å². The molecule has 0 bridgehead atoms. The molecule has 6 nitrogen and oxygen atoms in total. The fourth-order valence-electron chi connectivity index (χ4n) is 1.82. The Bertz CT molecular complexity index is 543. The molecule has 0 aliphatic heterocycles. The van der Waals surface area contributed by atoms with Crippen molar-refractivity contribution in [3.63, 3.8) is 0 Å². The summed E-state index contributed by atoms with van der Waals surface area (Å²) in [5, 5.41) is 23.8. The monoisotopic (exact) mass is 296 g/mol. The summed E-state index contributed by atoms with van der Waals surface area (Å²) in [6.45, 7) is 0.555. The van der Waals surface area contributed by atoms with Gasteiger partial charge in [-0.25, -0.2) is 9.59 Å². The van der Waals surface area contributed by atoms with E-state index in [0.29, 0.717) is 6.54 Å². The van der Waals surface area contributed by atoms with Gasteiger partial charge in [-0.05, 0) is 31.2 Å². The normalized spacial score (nSPS) is 15.4. The molecule has 0 heterocycles. The molecular weight excluding hydrogens is 280 g/mol. The first kappa shape index (κ1) is 14.5. The molecule has 1 fully saturated rings. The molecular formula is C13H16N2O4S. The number of amides is 2. The number of para-hydroxylation sites is 1. The van der Waals surface area contributed by atoms with Gasteiger partial charge in [-0.2, -0.15) is 11.8 Å². The summed E-state index contributed by atoms with van der Waals surface area (Å²) >= 11 is 1.73. The first-order chi connectivity index (χ1) is 9.47. The average molecular weight is 296 g/mol. The zero-order chi connectivity index (χ0) is 14.8. The highest BCUT2D eigenvalue weighted by Crippen LogP contribution is 2.46. The fourth-order valence-corrected chi connectivity index (χ4v) is 2.54. The van der Waals surface area contributed by atoms with Crippen LogP contribution in [0.1, 0.15) is 23.2 Å². The summed E-state index contributed by atoms with van der Waals surface area (Å²) in [4.78, 5) is 22.6. The number of carbonyl (C=O) groups is 2. The quantitative estimate of drug-likeness (QED) is 0.624. The predicted molar refractivity (Wildman–Crippen MR) is 77.6 cm³/mol. The Balaban J connectivity index is 1.97. The van der Waals surface area contributed by atoms with Gasteiger partial charge in [0, 0.05) is 11.3 Å². The van der Waals surface area contributed by atoms with Crippen LogP contribution in [-0.4, -0.2) is 39.8 Å². The van der Waals surface area contributed by atoms with E-state index in [-0.39, 0.29) is 16.0 Å². The van der Waals surface area contributed by atoms with Crippen LogP contribution in [0.3, 0.4) is 0 Å². The molecule has 0 atom stereocenters. The van der Waals surface area contributed by atoms with Crippen LogP contribution in [0.2, 0.25) is 0 Å². The Morgan fingerprint density at radius 3 is 2.65 bits per heavy atom. The summed E-state index contributed by atoms with van der Waals surface area (Å²) in [5.41, 5.74) is -0.165. The van der Waals surface area contributed by atoms with Gasteiger partial charge in [0.25, 0.3) is 0 Å². The highest BCUT2D eigenvalue weighted by Gasteiger charge is 2.41. The molecule has 1 aromatic rings. The van der Waals surface area contributed by atoms with Gasteiger partial charge >= 0.3 is 12.0 Å². The van der Waals surface area contributed by atoms with Crippen LogP contribution in [0.25, 0.3) is 0 Å². The van der Waals surface area contributed by atoms with E-state index in [1.165, 1.54) is 18.2 Å². The lowest BCUT2D eigenvalue weighted by molar-refractivity contribution is 0.0694. The van der Waals surface area contributed by atoms with Crippen molar-refractivity contribution in [2.75, 3.05) is 18.1 Å². The van der Waals surface area contributed by atoms with Crippen LogP contribution in [0.15, 0.2) is 18.2 Å². The van der Waals surface area contributed by atoms with Crippen molar-refractivity contribution in [3.05, 3.63) is 23.8 Å².